The van der Waals surface area contributed by atoms with Crippen molar-refractivity contribution < 1.29 is 36.6 Å². The number of ether oxygens (including phenoxy) is 2. The molecule has 0 spiro atoms. The molecule has 0 saturated carbocycles. The maximum atomic E-state index is 11.7. The van der Waals surface area contributed by atoms with Crippen molar-refractivity contribution in [3.63, 3.8) is 0 Å². The number of fused-ring (bicyclic) bond motifs is 1. The van der Waals surface area contributed by atoms with Crippen molar-refractivity contribution in [1.82, 2.24) is 4.98 Å². The highest BCUT2D eigenvalue weighted by atomic mass is 32.3. The molecule has 36 heavy (non-hydrogen) atoms. The van der Waals surface area contributed by atoms with Gasteiger partial charge in [0, 0.05) is 22.3 Å². The van der Waals surface area contributed by atoms with Gasteiger partial charge in [-0.1, -0.05) is 36.4 Å². The summed E-state index contributed by atoms with van der Waals surface area (Å²) in [6.07, 6.45) is 0.216. The number of aromatic nitrogens is 1. The molecule has 0 amide bonds. The van der Waals surface area contributed by atoms with E-state index in [-0.39, 0.29) is 18.4 Å². The monoisotopic (exact) mass is 521 g/mol. The number of hydrogen-bond acceptors (Lipinski definition) is 8. The zero-order valence-corrected chi connectivity index (χ0v) is 21.3. The number of aryl methyl sites for hydroxylation is 1. The van der Waals surface area contributed by atoms with Crippen LogP contribution in [-0.4, -0.2) is 53.4 Å². The summed E-state index contributed by atoms with van der Waals surface area (Å²) in [6, 6.07) is 17.3. The standard InChI is InChI=1S/C12H16N2O2.C12H13NO2.H2O4S/c1-3-16-12(15)9-10(2)13-14-11-7-5-4-6-8-11;1-3-15-12(14)11-8(2)13-10-7-5-4-6-9(10)11;1-5(2,3)4/h4-8,14H,3,9H2,1-2H3;4-7,13H,3H2,1-2H3;(H2,1,2,3,4)/b13-10+;;. The summed E-state index contributed by atoms with van der Waals surface area (Å²) in [5.74, 6) is -0.508. The Morgan fingerprint density at radius 2 is 1.53 bits per heavy atom. The molecule has 1 heterocycles. The number of aromatic amines is 1. The number of H-pyrrole nitrogens is 1. The molecule has 0 fully saturated rings. The first kappa shape index (κ1) is 30.3. The number of carbonyl (C=O) groups is 2. The Labute approximate surface area is 210 Å². The Morgan fingerprint density at radius 3 is 2.11 bits per heavy atom. The Bertz CT molecular complexity index is 1250. The molecule has 4 N–H and O–H groups in total. The summed E-state index contributed by atoms with van der Waals surface area (Å²) in [5.41, 5.74) is 6.94. The predicted octanol–water partition coefficient (Wildman–Crippen LogP) is 4.43. The van der Waals surface area contributed by atoms with Gasteiger partial charge in [0.15, 0.2) is 0 Å². The van der Waals surface area contributed by atoms with Gasteiger partial charge in [0.2, 0.25) is 0 Å². The van der Waals surface area contributed by atoms with Gasteiger partial charge in [-0.25, -0.2) is 4.79 Å². The van der Waals surface area contributed by atoms with Crippen LogP contribution in [0.25, 0.3) is 10.9 Å². The lowest BCUT2D eigenvalue weighted by Crippen LogP contribution is -2.10. The van der Waals surface area contributed by atoms with Crippen molar-refractivity contribution in [2.24, 2.45) is 5.10 Å². The number of hydrazone groups is 1. The van der Waals surface area contributed by atoms with Gasteiger partial charge < -0.3 is 14.5 Å². The molecule has 11 nitrogen and oxygen atoms in total. The van der Waals surface area contributed by atoms with E-state index in [1.165, 1.54) is 0 Å². The van der Waals surface area contributed by atoms with E-state index in [1.807, 2.05) is 68.4 Å². The predicted molar refractivity (Wildman–Crippen MR) is 138 cm³/mol. The van der Waals surface area contributed by atoms with Crippen LogP contribution in [0.3, 0.4) is 0 Å². The van der Waals surface area contributed by atoms with E-state index < -0.39 is 10.4 Å². The van der Waals surface area contributed by atoms with Gasteiger partial charge in [0.05, 0.1) is 30.9 Å². The van der Waals surface area contributed by atoms with Gasteiger partial charge in [0.1, 0.15) is 0 Å². The molecular weight excluding hydrogens is 490 g/mol. The van der Waals surface area contributed by atoms with Gasteiger partial charge in [-0.15, -0.1) is 0 Å². The lowest BCUT2D eigenvalue weighted by atomic mass is 10.1. The first-order valence-corrected chi connectivity index (χ1v) is 12.3. The Kier molecular flexibility index (Phi) is 12.9. The van der Waals surface area contributed by atoms with E-state index in [0.717, 1.165) is 22.3 Å². The molecule has 196 valence electrons. The largest absolute Gasteiger partial charge is 0.466 e. The first-order chi connectivity index (χ1) is 17.0. The molecule has 3 rings (SSSR count). The van der Waals surface area contributed by atoms with Crippen molar-refractivity contribution in [1.29, 1.82) is 0 Å². The molecule has 12 heteroatoms. The first-order valence-electron chi connectivity index (χ1n) is 10.9. The molecule has 0 aliphatic carbocycles. The maximum absolute atomic E-state index is 11.7. The lowest BCUT2D eigenvalue weighted by molar-refractivity contribution is -0.141. The number of esters is 2. The van der Waals surface area contributed by atoms with Crippen LogP contribution in [0.4, 0.5) is 5.69 Å². The topological polar surface area (TPSA) is 167 Å². The van der Waals surface area contributed by atoms with Crippen molar-refractivity contribution in [3.8, 4) is 0 Å². The summed E-state index contributed by atoms with van der Waals surface area (Å²) < 4.78 is 41.4. The van der Waals surface area contributed by atoms with Gasteiger partial charge in [-0.2, -0.15) is 13.5 Å². The van der Waals surface area contributed by atoms with Crippen molar-refractivity contribution in [2.45, 2.75) is 34.1 Å². The van der Waals surface area contributed by atoms with Gasteiger partial charge in [-0.05, 0) is 45.9 Å². The number of nitrogens with one attached hydrogen (secondary N) is 2. The Balaban J connectivity index is 0.000000304. The molecule has 3 aromatic rings. The van der Waals surface area contributed by atoms with E-state index in [4.69, 9.17) is 27.0 Å². The van der Waals surface area contributed by atoms with E-state index in [2.05, 4.69) is 15.5 Å². The molecular formula is C24H31N3O8S. The van der Waals surface area contributed by atoms with Crippen molar-refractivity contribution in [2.75, 3.05) is 18.6 Å². The summed E-state index contributed by atoms with van der Waals surface area (Å²) in [4.78, 5) is 26.0. The van der Waals surface area contributed by atoms with E-state index in [1.54, 1.807) is 13.8 Å². The molecule has 1 aromatic heterocycles. The van der Waals surface area contributed by atoms with E-state index in [0.29, 0.717) is 24.5 Å². The fourth-order valence-corrected chi connectivity index (χ4v) is 2.88. The molecule has 0 saturated heterocycles. The summed E-state index contributed by atoms with van der Waals surface area (Å²) in [7, 11) is -4.67. The second kappa shape index (κ2) is 15.3. The number of anilines is 1. The highest BCUT2D eigenvalue weighted by Crippen LogP contribution is 2.22. The van der Waals surface area contributed by atoms with E-state index >= 15 is 0 Å². The zero-order valence-electron chi connectivity index (χ0n) is 20.5. The van der Waals surface area contributed by atoms with Crippen LogP contribution < -0.4 is 5.43 Å². The normalized spacial score (nSPS) is 10.9. The molecule has 0 aliphatic rings. The number of para-hydroxylation sites is 2. The number of nitrogens with zero attached hydrogens (tertiary/aromatic N) is 1. The lowest BCUT2D eigenvalue weighted by Gasteiger charge is -2.03. The van der Waals surface area contributed by atoms with Gasteiger partial charge in [-0.3, -0.25) is 19.3 Å². The molecule has 0 aliphatic heterocycles. The average molecular weight is 522 g/mol. The van der Waals surface area contributed by atoms with Crippen molar-refractivity contribution in [3.05, 3.63) is 65.9 Å². The maximum Gasteiger partial charge on any atom is 0.394 e. The third-order valence-electron chi connectivity index (χ3n) is 4.23. The fourth-order valence-electron chi connectivity index (χ4n) is 2.88. The van der Waals surface area contributed by atoms with Crippen LogP contribution in [-0.2, 0) is 24.7 Å². The van der Waals surface area contributed by atoms with Crippen LogP contribution in [0, 0.1) is 6.92 Å². The molecule has 2 aromatic carbocycles. The van der Waals surface area contributed by atoms with Crippen LogP contribution >= 0.6 is 0 Å². The molecule has 0 unspecified atom stereocenters. The van der Waals surface area contributed by atoms with Gasteiger partial charge >= 0.3 is 22.3 Å². The fraction of sp³-hybridized carbons (Fsp3) is 0.292. The minimum atomic E-state index is -4.67. The summed E-state index contributed by atoms with van der Waals surface area (Å²) in [5, 5.41) is 5.01. The third-order valence-corrected chi connectivity index (χ3v) is 4.23. The van der Waals surface area contributed by atoms with Crippen molar-refractivity contribution >= 4 is 44.6 Å². The second-order valence-electron chi connectivity index (χ2n) is 7.15. The highest BCUT2D eigenvalue weighted by Gasteiger charge is 2.16. The summed E-state index contributed by atoms with van der Waals surface area (Å²) in [6.45, 7) is 8.06. The Morgan fingerprint density at radius 1 is 0.972 bits per heavy atom. The smallest absolute Gasteiger partial charge is 0.394 e. The Hall–Kier alpha value is -3.74. The van der Waals surface area contributed by atoms with Crippen LogP contribution in [0.5, 0.6) is 0 Å². The second-order valence-corrected chi connectivity index (χ2v) is 8.04. The molecule has 0 radical (unpaired) electrons. The van der Waals surface area contributed by atoms with Crippen LogP contribution in [0.15, 0.2) is 59.7 Å². The number of carbonyl (C=O) groups excluding carboxylic acids is 2. The zero-order chi connectivity index (χ0) is 27.1. The average Bonchev–Trinajstić information content (AvgIpc) is 3.14. The molecule has 0 atom stereocenters. The number of benzene rings is 2. The van der Waals surface area contributed by atoms with Crippen LogP contribution in [0.1, 0.15) is 43.2 Å². The quantitative estimate of drug-likeness (QED) is 0.152. The van der Waals surface area contributed by atoms with E-state index in [9.17, 15) is 9.59 Å². The minimum absolute atomic E-state index is 0.216. The number of hydrogen-bond donors (Lipinski definition) is 4. The molecule has 0 bridgehead atoms. The van der Waals surface area contributed by atoms with Gasteiger partial charge in [0.25, 0.3) is 0 Å². The third kappa shape index (κ3) is 12.1. The minimum Gasteiger partial charge on any atom is -0.466 e. The SMILES string of the molecule is CCOC(=O)C/C(C)=N/Nc1ccccc1.CCOC(=O)c1c(C)[nH]c2ccccc12.O=S(=O)(O)O. The summed E-state index contributed by atoms with van der Waals surface area (Å²) >= 11 is 0. The van der Waals surface area contributed by atoms with Crippen LogP contribution in [0.2, 0.25) is 0 Å². The highest BCUT2D eigenvalue weighted by molar-refractivity contribution is 7.79. The number of rotatable bonds is 7.